The van der Waals surface area contributed by atoms with E-state index in [4.69, 9.17) is 5.11 Å². The Hall–Kier alpha value is -3.44. The third kappa shape index (κ3) is 4.90. The molecular formula is C23H29N7O4. The lowest BCUT2D eigenvalue weighted by Crippen LogP contribution is -2.48. The van der Waals surface area contributed by atoms with Gasteiger partial charge in [-0.3, -0.25) is 14.8 Å². The Kier molecular flexibility index (Phi) is 6.20. The van der Waals surface area contributed by atoms with Crippen LogP contribution in [0, 0.1) is 0 Å². The number of anilines is 1. The van der Waals surface area contributed by atoms with Crippen molar-refractivity contribution in [3.63, 3.8) is 0 Å². The first kappa shape index (κ1) is 22.4. The minimum Gasteiger partial charge on any atom is -0.465 e. The maximum atomic E-state index is 12.6. The molecule has 0 aliphatic carbocycles. The van der Waals surface area contributed by atoms with Crippen molar-refractivity contribution in [2.75, 3.05) is 31.5 Å². The number of urea groups is 1. The minimum atomic E-state index is -0.967. The molecule has 2 unspecified atom stereocenters. The molecule has 3 amide bonds. The van der Waals surface area contributed by atoms with Gasteiger partial charge in [-0.2, -0.15) is 4.98 Å². The van der Waals surface area contributed by atoms with Crippen molar-refractivity contribution in [1.82, 2.24) is 30.0 Å². The van der Waals surface area contributed by atoms with Crippen molar-refractivity contribution >= 4 is 17.9 Å². The van der Waals surface area contributed by atoms with Crippen molar-refractivity contribution in [1.29, 1.82) is 0 Å². The lowest BCUT2D eigenvalue weighted by atomic mass is 10.0. The molecule has 3 aliphatic heterocycles. The molecule has 0 saturated carbocycles. The quantitative estimate of drug-likeness (QED) is 0.517. The molecule has 3 fully saturated rings. The number of rotatable bonds is 5. The summed E-state index contributed by atoms with van der Waals surface area (Å²) in [7, 11) is 0. The van der Waals surface area contributed by atoms with Gasteiger partial charge in [0.1, 0.15) is 5.82 Å². The zero-order chi connectivity index (χ0) is 23.7. The highest BCUT2D eigenvalue weighted by atomic mass is 16.4. The van der Waals surface area contributed by atoms with Crippen LogP contribution in [0.3, 0.4) is 0 Å². The first-order valence-corrected chi connectivity index (χ1v) is 11.7. The zero-order valence-corrected chi connectivity index (χ0v) is 18.8. The van der Waals surface area contributed by atoms with E-state index in [1.54, 1.807) is 17.2 Å². The molecule has 180 valence electrons. The van der Waals surface area contributed by atoms with Gasteiger partial charge in [-0.15, -0.1) is 0 Å². The van der Waals surface area contributed by atoms with Gasteiger partial charge < -0.3 is 20.6 Å². The minimum absolute atomic E-state index is 0.0192. The van der Waals surface area contributed by atoms with Gasteiger partial charge in [0.25, 0.3) is 0 Å². The number of aromatic nitrogens is 2. The van der Waals surface area contributed by atoms with Crippen LogP contribution in [0.15, 0.2) is 41.3 Å². The van der Waals surface area contributed by atoms with Crippen LogP contribution < -0.4 is 21.6 Å². The van der Waals surface area contributed by atoms with E-state index < -0.39 is 11.8 Å². The van der Waals surface area contributed by atoms with Gasteiger partial charge in [0.15, 0.2) is 0 Å². The number of carboxylic acid groups (broad SMARTS) is 1. The van der Waals surface area contributed by atoms with Crippen molar-refractivity contribution in [2.24, 2.45) is 0 Å². The SMILES string of the molecule is O=C(O)NC1CCN(Cc2ccc(-n3ccc(NC(=O)N4CC5CC4CN5)nc3=O)cc2)CC1. The summed E-state index contributed by atoms with van der Waals surface area (Å²) in [5.74, 6) is 0.249. The molecule has 0 radical (unpaired) electrons. The van der Waals surface area contributed by atoms with Crippen LogP contribution in [0.4, 0.5) is 15.4 Å². The first-order chi connectivity index (χ1) is 16.4. The molecule has 4 heterocycles. The Bertz CT molecular complexity index is 1110. The molecule has 11 heteroatoms. The summed E-state index contributed by atoms with van der Waals surface area (Å²) >= 11 is 0. The molecule has 11 nitrogen and oxygen atoms in total. The van der Waals surface area contributed by atoms with E-state index in [0.717, 1.165) is 51.0 Å². The summed E-state index contributed by atoms with van der Waals surface area (Å²) in [6, 6.07) is 9.72. The van der Waals surface area contributed by atoms with E-state index in [2.05, 4.69) is 25.8 Å². The van der Waals surface area contributed by atoms with Gasteiger partial charge in [-0.1, -0.05) is 12.1 Å². The van der Waals surface area contributed by atoms with Crippen molar-refractivity contribution < 1.29 is 14.7 Å². The highest BCUT2D eigenvalue weighted by Gasteiger charge is 2.40. The molecule has 1 aromatic carbocycles. The standard InChI is InChI=1S/C23H29N7O4/c31-21-26-20(27-22(32)30-14-17-11-19(30)12-24-17)7-10-29(21)18-3-1-15(2-4-18)13-28-8-5-16(6-9-28)25-23(33)34/h1-4,7,10,16-17,19,24-25H,5-6,8-9,11-14H2,(H,33,34)(H,26,27,31,32). The highest BCUT2D eigenvalue weighted by molar-refractivity contribution is 5.88. The van der Waals surface area contributed by atoms with Crippen LogP contribution in [0.25, 0.3) is 5.69 Å². The number of carbonyl (C=O) groups excluding carboxylic acids is 1. The molecule has 0 spiro atoms. The predicted octanol–water partition coefficient (Wildman–Crippen LogP) is 1.04. The van der Waals surface area contributed by atoms with Gasteiger partial charge in [0.2, 0.25) is 0 Å². The van der Waals surface area contributed by atoms with Gasteiger partial charge in [0, 0.05) is 57.0 Å². The van der Waals surface area contributed by atoms with Crippen molar-refractivity contribution in [3.05, 3.63) is 52.6 Å². The van der Waals surface area contributed by atoms with E-state index in [1.165, 1.54) is 4.57 Å². The number of hydrogen-bond donors (Lipinski definition) is 4. The fourth-order valence-electron chi connectivity index (χ4n) is 5.09. The fraction of sp³-hybridized carbons (Fsp3) is 0.478. The molecule has 34 heavy (non-hydrogen) atoms. The maximum Gasteiger partial charge on any atom is 0.404 e. The fourth-order valence-corrected chi connectivity index (χ4v) is 5.09. The maximum absolute atomic E-state index is 12.6. The molecule has 3 aliphatic rings. The Labute approximate surface area is 196 Å². The Morgan fingerprint density at radius 1 is 1.15 bits per heavy atom. The summed E-state index contributed by atoms with van der Waals surface area (Å²) in [6.07, 6.45) is 3.22. The second kappa shape index (κ2) is 9.43. The average Bonchev–Trinajstić information content (AvgIpc) is 3.45. The van der Waals surface area contributed by atoms with Crippen LogP contribution in [0.1, 0.15) is 24.8 Å². The number of piperidine rings is 1. The molecule has 2 bridgehead atoms. The van der Waals surface area contributed by atoms with Gasteiger partial charge in [-0.25, -0.2) is 14.4 Å². The summed E-state index contributed by atoms with van der Waals surface area (Å²) < 4.78 is 1.45. The number of hydrogen-bond acceptors (Lipinski definition) is 6. The third-order valence-corrected chi connectivity index (χ3v) is 6.89. The Balaban J connectivity index is 1.17. The number of carbonyl (C=O) groups is 2. The Morgan fingerprint density at radius 3 is 2.53 bits per heavy atom. The molecular weight excluding hydrogens is 438 g/mol. The van der Waals surface area contributed by atoms with E-state index >= 15 is 0 Å². The van der Waals surface area contributed by atoms with Crippen molar-refractivity contribution in [2.45, 2.75) is 43.9 Å². The van der Waals surface area contributed by atoms with Crippen LogP contribution in [-0.4, -0.2) is 80.9 Å². The smallest absolute Gasteiger partial charge is 0.404 e. The summed E-state index contributed by atoms with van der Waals surface area (Å²) in [4.78, 5) is 44.1. The summed E-state index contributed by atoms with van der Waals surface area (Å²) in [6.45, 7) is 3.92. The predicted molar refractivity (Wildman–Crippen MR) is 125 cm³/mol. The van der Waals surface area contributed by atoms with Crippen LogP contribution in [0.2, 0.25) is 0 Å². The largest absolute Gasteiger partial charge is 0.465 e. The highest BCUT2D eigenvalue weighted by Crippen LogP contribution is 2.23. The number of piperazine rings is 1. The van der Waals surface area contributed by atoms with Crippen LogP contribution in [-0.2, 0) is 6.54 Å². The number of fused-ring (bicyclic) bond motifs is 2. The van der Waals surface area contributed by atoms with Crippen LogP contribution >= 0.6 is 0 Å². The first-order valence-electron chi connectivity index (χ1n) is 11.7. The van der Waals surface area contributed by atoms with Crippen LogP contribution in [0.5, 0.6) is 0 Å². The molecule has 5 rings (SSSR count). The van der Waals surface area contributed by atoms with E-state index in [-0.39, 0.29) is 23.9 Å². The lowest BCUT2D eigenvalue weighted by molar-refractivity contribution is 0.165. The van der Waals surface area contributed by atoms with E-state index in [0.29, 0.717) is 18.3 Å². The number of amides is 3. The second-order valence-electron chi connectivity index (χ2n) is 9.21. The van der Waals surface area contributed by atoms with E-state index in [9.17, 15) is 14.4 Å². The monoisotopic (exact) mass is 467 g/mol. The van der Waals surface area contributed by atoms with Gasteiger partial charge >= 0.3 is 17.8 Å². The van der Waals surface area contributed by atoms with Gasteiger partial charge in [-0.05, 0) is 43.0 Å². The third-order valence-electron chi connectivity index (χ3n) is 6.89. The summed E-state index contributed by atoms with van der Waals surface area (Å²) in [5.41, 5.74) is 1.36. The molecule has 3 saturated heterocycles. The molecule has 4 N–H and O–H groups in total. The molecule has 2 atom stereocenters. The Morgan fingerprint density at radius 2 is 1.91 bits per heavy atom. The van der Waals surface area contributed by atoms with Gasteiger partial charge in [0.05, 0.1) is 5.69 Å². The second-order valence-corrected chi connectivity index (χ2v) is 9.21. The number of nitrogens with zero attached hydrogens (tertiary/aromatic N) is 4. The normalized spacial score (nSPS) is 22.6. The number of likely N-dealkylation sites (tertiary alicyclic amines) is 2. The van der Waals surface area contributed by atoms with Crippen molar-refractivity contribution in [3.8, 4) is 5.69 Å². The number of benzene rings is 1. The molecule has 1 aromatic heterocycles. The number of nitrogens with one attached hydrogen (secondary N) is 3. The topological polar surface area (TPSA) is 132 Å². The molecule has 2 aromatic rings. The lowest BCUT2D eigenvalue weighted by Gasteiger charge is -2.31. The summed E-state index contributed by atoms with van der Waals surface area (Å²) in [5, 5.41) is 17.5. The average molecular weight is 468 g/mol. The zero-order valence-electron chi connectivity index (χ0n) is 18.8. The van der Waals surface area contributed by atoms with E-state index in [1.807, 2.05) is 24.3 Å².